The maximum Gasteiger partial charge on any atom is 0.326 e. The van der Waals surface area contributed by atoms with Crippen molar-refractivity contribution in [3.8, 4) is 5.75 Å². The largest absolute Gasteiger partial charge is 0.497 e. The molecule has 2 N–H and O–H groups in total. The highest BCUT2D eigenvalue weighted by Crippen LogP contribution is 2.20. The van der Waals surface area contributed by atoms with Gasteiger partial charge >= 0.3 is 5.97 Å². The molecule has 1 aromatic rings. The van der Waals surface area contributed by atoms with Crippen molar-refractivity contribution in [2.24, 2.45) is 5.41 Å². The Kier molecular flexibility index (Phi) is 5.13. The molecule has 20 heavy (non-hydrogen) atoms. The van der Waals surface area contributed by atoms with Crippen LogP contribution >= 0.6 is 0 Å². The minimum absolute atomic E-state index is 0.122. The highest BCUT2D eigenvalue weighted by molar-refractivity contribution is 5.85. The van der Waals surface area contributed by atoms with Crippen LogP contribution in [0.3, 0.4) is 0 Å². The highest BCUT2D eigenvalue weighted by atomic mass is 16.5. The summed E-state index contributed by atoms with van der Waals surface area (Å²) in [6, 6.07) is 6.22. The van der Waals surface area contributed by atoms with Crippen molar-refractivity contribution in [2.45, 2.75) is 33.2 Å². The number of nitrogens with one attached hydrogen (secondary N) is 1. The zero-order valence-electron chi connectivity index (χ0n) is 12.3. The summed E-state index contributed by atoms with van der Waals surface area (Å²) < 4.78 is 5.08. The van der Waals surface area contributed by atoms with Crippen molar-refractivity contribution in [1.29, 1.82) is 0 Å². The number of aliphatic carboxylic acids is 1. The van der Waals surface area contributed by atoms with Gasteiger partial charge in [-0.1, -0.05) is 32.9 Å². The summed E-state index contributed by atoms with van der Waals surface area (Å²) in [4.78, 5) is 23.2. The monoisotopic (exact) mass is 279 g/mol. The zero-order chi connectivity index (χ0) is 15.3. The Morgan fingerprint density at radius 3 is 2.50 bits per heavy atom. The summed E-state index contributed by atoms with van der Waals surface area (Å²) in [5.41, 5.74) is 0.232. The first kappa shape index (κ1) is 16.0. The number of carboxylic acid groups (broad SMARTS) is 1. The Bertz CT molecular complexity index is 491. The lowest BCUT2D eigenvalue weighted by atomic mass is 9.86. The van der Waals surface area contributed by atoms with Crippen LogP contribution in [0.15, 0.2) is 24.3 Å². The van der Waals surface area contributed by atoms with Crippen LogP contribution in [-0.2, 0) is 16.0 Å². The average molecular weight is 279 g/mol. The summed E-state index contributed by atoms with van der Waals surface area (Å²) in [5, 5.41) is 11.7. The van der Waals surface area contributed by atoms with Crippen LogP contribution in [0, 0.1) is 5.41 Å². The highest BCUT2D eigenvalue weighted by Gasteiger charge is 2.32. The van der Waals surface area contributed by atoms with Crippen LogP contribution in [0.1, 0.15) is 26.3 Å². The van der Waals surface area contributed by atoms with Gasteiger partial charge in [-0.3, -0.25) is 4.79 Å². The van der Waals surface area contributed by atoms with Gasteiger partial charge in [0.25, 0.3) is 0 Å². The molecular formula is C15H21NO4. The summed E-state index contributed by atoms with van der Waals surface area (Å²) >= 11 is 0. The van der Waals surface area contributed by atoms with Crippen LogP contribution in [0.5, 0.6) is 5.75 Å². The molecule has 1 atom stereocenters. The van der Waals surface area contributed by atoms with Crippen LogP contribution < -0.4 is 10.1 Å². The molecule has 1 rings (SSSR count). The quantitative estimate of drug-likeness (QED) is 0.862. The fraction of sp³-hybridized carbons (Fsp3) is 0.467. The predicted octanol–water partition coefficient (Wildman–Crippen LogP) is 1.85. The van der Waals surface area contributed by atoms with Crippen molar-refractivity contribution in [3.63, 3.8) is 0 Å². The molecule has 0 aliphatic carbocycles. The van der Waals surface area contributed by atoms with E-state index in [1.807, 2.05) is 0 Å². The van der Waals surface area contributed by atoms with Crippen molar-refractivity contribution in [2.75, 3.05) is 7.11 Å². The zero-order valence-corrected chi connectivity index (χ0v) is 12.3. The first-order valence-corrected chi connectivity index (χ1v) is 6.39. The van der Waals surface area contributed by atoms with Crippen molar-refractivity contribution >= 4 is 11.9 Å². The van der Waals surface area contributed by atoms with E-state index in [1.165, 1.54) is 0 Å². The molecule has 0 fully saturated rings. The summed E-state index contributed by atoms with van der Waals surface area (Å²) in [7, 11) is 1.55. The Balaban J connectivity index is 2.73. The summed E-state index contributed by atoms with van der Waals surface area (Å²) in [6.07, 6.45) is 0.122. The lowest BCUT2D eigenvalue weighted by Gasteiger charge is -2.27. The second kappa shape index (κ2) is 6.41. The third kappa shape index (κ3) is 4.57. The van der Waals surface area contributed by atoms with Gasteiger partial charge in [-0.05, 0) is 23.1 Å². The molecule has 110 valence electrons. The predicted molar refractivity (Wildman–Crippen MR) is 75.7 cm³/mol. The molecule has 0 heterocycles. The normalized spacial score (nSPS) is 12.6. The molecule has 0 radical (unpaired) electrons. The maximum absolute atomic E-state index is 12.0. The molecule has 0 unspecified atom stereocenters. The number of hydrogen-bond acceptors (Lipinski definition) is 3. The van der Waals surface area contributed by atoms with Gasteiger partial charge in [-0.25, -0.2) is 4.79 Å². The average Bonchev–Trinajstić information content (AvgIpc) is 2.34. The molecule has 0 aliphatic rings. The standard InChI is InChI=1S/C15H21NO4/c1-15(2,3)13(14(18)19)16-12(17)9-10-6-5-7-11(8-10)20-4/h5-8,13H,9H2,1-4H3,(H,16,17)(H,18,19)/t13-/m0/s1. The Hall–Kier alpha value is -2.04. The van der Waals surface area contributed by atoms with E-state index in [0.29, 0.717) is 5.75 Å². The second-order valence-corrected chi connectivity index (χ2v) is 5.73. The minimum Gasteiger partial charge on any atom is -0.497 e. The first-order chi connectivity index (χ1) is 9.24. The van der Waals surface area contributed by atoms with Crippen molar-refractivity contribution < 1.29 is 19.4 Å². The SMILES string of the molecule is COc1cccc(CC(=O)N[C@@H](C(=O)O)C(C)(C)C)c1. The number of amides is 1. The summed E-state index contributed by atoms with van der Waals surface area (Å²) in [5.74, 6) is -0.682. The smallest absolute Gasteiger partial charge is 0.326 e. The van der Waals surface area contributed by atoms with Gasteiger partial charge in [-0.2, -0.15) is 0 Å². The van der Waals surface area contributed by atoms with Crippen LogP contribution in [0.4, 0.5) is 0 Å². The lowest BCUT2D eigenvalue weighted by Crippen LogP contribution is -2.49. The van der Waals surface area contributed by atoms with Gasteiger partial charge in [-0.15, -0.1) is 0 Å². The molecule has 0 aromatic heterocycles. The lowest BCUT2D eigenvalue weighted by molar-refractivity contribution is -0.144. The van der Waals surface area contributed by atoms with Gasteiger partial charge in [0.15, 0.2) is 0 Å². The van der Waals surface area contributed by atoms with Crippen LogP contribution in [0.2, 0.25) is 0 Å². The molecule has 5 heteroatoms. The minimum atomic E-state index is -1.03. The fourth-order valence-electron chi connectivity index (χ4n) is 1.83. The molecule has 0 saturated carbocycles. The van der Waals surface area contributed by atoms with Gasteiger partial charge in [0.1, 0.15) is 11.8 Å². The third-order valence-corrected chi connectivity index (χ3v) is 2.92. The maximum atomic E-state index is 12.0. The number of carboxylic acids is 1. The number of ether oxygens (including phenoxy) is 1. The van der Waals surface area contributed by atoms with Crippen molar-refractivity contribution in [3.05, 3.63) is 29.8 Å². The Morgan fingerprint density at radius 1 is 1.35 bits per heavy atom. The van der Waals surface area contributed by atoms with Crippen LogP contribution in [0.25, 0.3) is 0 Å². The van der Waals surface area contributed by atoms with E-state index in [4.69, 9.17) is 4.74 Å². The van der Waals surface area contributed by atoms with Gasteiger partial charge in [0.05, 0.1) is 13.5 Å². The van der Waals surface area contributed by atoms with Gasteiger partial charge in [0.2, 0.25) is 5.91 Å². The number of carbonyl (C=O) groups is 2. The van der Waals surface area contributed by atoms with E-state index in [9.17, 15) is 14.7 Å². The fourth-order valence-corrected chi connectivity index (χ4v) is 1.83. The number of hydrogen-bond donors (Lipinski definition) is 2. The number of carbonyl (C=O) groups excluding carboxylic acids is 1. The molecule has 0 saturated heterocycles. The van der Waals surface area contributed by atoms with E-state index in [-0.39, 0.29) is 12.3 Å². The number of methoxy groups -OCH3 is 1. The van der Waals surface area contributed by atoms with E-state index >= 15 is 0 Å². The number of benzene rings is 1. The molecular weight excluding hydrogens is 258 g/mol. The van der Waals surface area contributed by atoms with Gasteiger partial charge < -0.3 is 15.2 Å². The molecule has 5 nitrogen and oxygen atoms in total. The molecule has 0 spiro atoms. The Labute approximate surface area is 118 Å². The van der Waals surface area contributed by atoms with E-state index in [1.54, 1.807) is 52.1 Å². The second-order valence-electron chi connectivity index (χ2n) is 5.73. The van der Waals surface area contributed by atoms with E-state index < -0.39 is 17.4 Å². The molecule has 1 aromatic carbocycles. The Morgan fingerprint density at radius 2 is 2.00 bits per heavy atom. The van der Waals surface area contributed by atoms with Crippen molar-refractivity contribution in [1.82, 2.24) is 5.32 Å². The van der Waals surface area contributed by atoms with E-state index in [0.717, 1.165) is 5.56 Å². The first-order valence-electron chi connectivity index (χ1n) is 6.39. The van der Waals surface area contributed by atoms with Crippen LogP contribution in [-0.4, -0.2) is 30.1 Å². The third-order valence-electron chi connectivity index (χ3n) is 2.92. The number of rotatable bonds is 5. The molecule has 0 aliphatic heterocycles. The molecule has 1 amide bonds. The van der Waals surface area contributed by atoms with E-state index in [2.05, 4.69) is 5.32 Å². The topological polar surface area (TPSA) is 75.6 Å². The summed E-state index contributed by atoms with van der Waals surface area (Å²) in [6.45, 7) is 5.33. The molecule has 0 bridgehead atoms. The van der Waals surface area contributed by atoms with Gasteiger partial charge in [0, 0.05) is 0 Å².